The Morgan fingerprint density at radius 3 is 2.17 bits per heavy atom. The van der Waals surface area contributed by atoms with Gasteiger partial charge < -0.3 is 0 Å². The molecule has 2 rings (SSSR count). The Hall–Kier alpha value is -3.02. The van der Waals surface area contributed by atoms with Gasteiger partial charge in [-0.15, -0.1) is 0 Å². The van der Waals surface area contributed by atoms with Gasteiger partial charge in [0.15, 0.2) is 0 Å². The van der Waals surface area contributed by atoms with Gasteiger partial charge in [0.1, 0.15) is 0 Å². The largest absolute Gasteiger partial charge is 0.271 e. The number of aryl methyl sites for hydroxylation is 1. The Morgan fingerprint density at radius 2 is 1.65 bits per heavy atom. The van der Waals surface area contributed by atoms with Crippen LogP contribution in [0.15, 0.2) is 53.6 Å². The molecule has 0 fully saturated rings. The highest BCUT2D eigenvalue weighted by atomic mass is 16.6. The van der Waals surface area contributed by atoms with E-state index in [1.165, 1.54) is 29.8 Å². The second-order valence-electron chi connectivity index (χ2n) is 4.99. The fraction of sp³-hybridized carbons (Fsp3) is 0.176. The van der Waals surface area contributed by atoms with E-state index in [0.717, 1.165) is 12.0 Å². The zero-order valence-corrected chi connectivity index (χ0v) is 12.9. The molecule has 0 saturated heterocycles. The molecule has 1 N–H and O–H groups in total. The Bertz CT molecular complexity index is 735. The van der Waals surface area contributed by atoms with Crippen molar-refractivity contribution in [2.75, 3.05) is 0 Å². The summed E-state index contributed by atoms with van der Waals surface area (Å²) in [6, 6.07) is 13.3. The molecule has 0 aliphatic carbocycles. The first-order valence-electron chi connectivity index (χ1n) is 7.19. The van der Waals surface area contributed by atoms with E-state index in [1.54, 1.807) is 6.92 Å². The van der Waals surface area contributed by atoms with Gasteiger partial charge in [0.2, 0.25) is 0 Å². The molecule has 1 amide bonds. The molecule has 6 nitrogen and oxygen atoms in total. The third-order valence-electron chi connectivity index (χ3n) is 3.45. The van der Waals surface area contributed by atoms with Crippen molar-refractivity contribution in [2.45, 2.75) is 20.3 Å². The maximum Gasteiger partial charge on any atom is 0.271 e. The molecular weight excluding hydrogens is 294 g/mol. The molecule has 0 atom stereocenters. The molecule has 0 bridgehead atoms. The predicted octanol–water partition coefficient (Wildman–Crippen LogP) is 3.31. The van der Waals surface area contributed by atoms with E-state index in [-0.39, 0.29) is 5.69 Å². The zero-order valence-electron chi connectivity index (χ0n) is 12.9. The van der Waals surface area contributed by atoms with Crippen LogP contribution in [-0.4, -0.2) is 16.5 Å². The lowest BCUT2D eigenvalue weighted by atomic mass is 10.1. The van der Waals surface area contributed by atoms with Gasteiger partial charge in [0.25, 0.3) is 11.6 Å². The summed E-state index contributed by atoms with van der Waals surface area (Å²) in [6.07, 6.45) is 0.966. The maximum absolute atomic E-state index is 12.0. The van der Waals surface area contributed by atoms with Crippen molar-refractivity contribution in [3.63, 3.8) is 0 Å². The van der Waals surface area contributed by atoms with Crippen molar-refractivity contribution in [3.8, 4) is 0 Å². The number of benzene rings is 2. The van der Waals surface area contributed by atoms with Gasteiger partial charge in [0.05, 0.1) is 10.6 Å². The van der Waals surface area contributed by atoms with Crippen LogP contribution >= 0.6 is 0 Å². The van der Waals surface area contributed by atoms with Crippen LogP contribution in [0.5, 0.6) is 0 Å². The summed E-state index contributed by atoms with van der Waals surface area (Å²) in [4.78, 5) is 22.0. The van der Waals surface area contributed by atoms with Crippen LogP contribution in [0.4, 0.5) is 5.69 Å². The Balaban J connectivity index is 2.05. The van der Waals surface area contributed by atoms with Gasteiger partial charge in [0, 0.05) is 17.7 Å². The number of nitro groups is 1. The van der Waals surface area contributed by atoms with Gasteiger partial charge in [-0.25, -0.2) is 5.43 Å². The normalized spacial score (nSPS) is 11.1. The molecular formula is C17H17N3O3. The van der Waals surface area contributed by atoms with E-state index in [0.29, 0.717) is 11.3 Å². The van der Waals surface area contributed by atoms with Gasteiger partial charge in [-0.3, -0.25) is 14.9 Å². The monoisotopic (exact) mass is 311 g/mol. The molecule has 118 valence electrons. The number of nitrogens with one attached hydrogen (secondary N) is 1. The average molecular weight is 311 g/mol. The number of nitrogens with zero attached hydrogens (tertiary/aromatic N) is 2. The summed E-state index contributed by atoms with van der Waals surface area (Å²) in [7, 11) is 0. The van der Waals surface area contributed by atoms with E-state index < -0.39 is 10.8 Å². The van der Waals surface area contributed by atoms with Crippen LogP contribution in [0.1, 0.15) is 35.3 Å². The van der Waals surface area contributed by atoms with E-state index in [4.69, 9.17) is 0 Å². The first kappa shape index (κ1) is 16.4. The SMILES string of the molecule is CCc1ccc(/C(C)=N/NC(=O)c2ccc([N+](=O)[O-])cc2)cc1. The quantitative estimate of drug-likeness (QED) is 0.522. The summed E-state index contributed by atoms with van der Waals surface area (Å²) >= 11 is 0. The Morgan fingerprint density at radius 1 is 1.09 bits per heavy atom. The maximum atomic E-state index is 12.0. The molecule has 2 aromatic carbocycles. The summed E-state index contributed by atoms with van der Waals surface area (Å²) < 4.78 is 0. The van der Waals surface area contributed by atoms with E-state index in [1.807, 2.05) is 24.3 Å². The molecule has 23 heavy (non-hydrogen) atoms. The van der Waals surface area contributed by atoms with Crippen molar-refractivity contribution in [1.82, 2.24) is 5.43 Å². The van der Waals surface area contributed by atoms with Crippen LogP contribution in [0.2, 0.25) is 0 Å². The smallest absolute Gasteiger partial charge is 0.267 e. The van der Waals surface area contributed by atoms with Crippen LogP contribution in [-0.2, 0) is 6.42 Å². The molecule has 0 unspecified atom stereocenters. The summed E-state index contributed by atoms with van der Waals surface area (Å²) in [6.45, 7) is 3.89. The second-order valence-corrected chi connectivity index (χ2v) is 4.99. The Labute approximate surface area is 134 Å². The van der Waals surface area contributed by atoms with Crippen molar-refractivity contribution in [2.24, 2.45) is 5.10 Å². The number of nitro benzene ring substituents is 1. The second kappa shape index (κ2) is 7.31. The van der Waals surface area contributed by atoms with Crippen molar-refractivity contribution < 1.29 is 9.72 Å². The molecule has 0 aliphatic rings. The fourth-order valence-corrected chi connectivity index (χ4v) is 1.98. The first-order chi connectivity index (χ1) is 11.0. The number of hydrogen-bond acceptors (Lipinski definition) is 4. The van der Waals surface area contributed by atoms with Crippen molar-refractivity contribution >= 4 is 17.3 Å². The minimum absolute atomic E-state index is 0.0581. The topological polar surface area (TPSA) is 84.6 Å². The number of rotatable bonds is 5. The van der Waals surface area contributed by atoms with Gasteiger partial charge in [-0.2, -0.15) is 5.10 Å². The molecule has 0 saturated carbocycles. The highest BCUT2D eigenvalue weighted by molar-refractivity contribution is 6.00. The molecule has 0 spiro atoms. The number of carbonyl (C=O) groups excluding carboxylic acids is 1. The summed E-state index contributed by atoms with van der Waals surface area (Å²) in [5, 5.41) is 14.6. The number of amides is 1. The predicted molar refractivity (Wildman–Crippen MR) is 88.6 cm³/mol. The highest BCUT2D eigenvalue weighted by Crippen LogP contribution is 2.12. The first-order valence-corrected chi connectivity index (χ1v) is 7.19. The molecule has 6 heteroatoms. The van der Waals surface area contributed by atoms with Gasteiger partial charge in [-0.05, 0) is 36.6 Å². The molecule has 0 heterocycles. The average Bonchev–Trinajstić information content (AvgIpc) is 2.59. The Kier molecular flexibility index (Phi) is 5.19. The fourth-order valence-electron chi connectivity index (χ4n) is 1.98. The van der Waals surface area contributed by atoms with Crippen molar-refractivity contribution in [1.29, 1.82) is 0 Å². The lowest BCUT2D eigenvalue weighted by Gasteiger charge is -2.04. The molecule has 2 aromatic rings. The van der Waals surface area contributed by atoms with Crippen molar-refractivity contribution in [3.05, 3.63) is 75.3 Å². The molecule has 0 aliphatic heterocycles. The van der Waals surface area contributed by atoms with Gasteiger partial charge >= 0.3 is 0 Å². The minimum Gasteiger partial charge on any atom is -0.267 e. The molecule has 0 aromatic heterocycles. The zero-order chi connectivity index (χ0) is 16.8. The number of non-ortho nitro benzene ring substituents is 1. The van der Waals surface area contributed by atoms with E-state index >= 15 is 0 Å². The third-order valence-corrected chi connectivity index (χ3v) is 3.45. The lowest BCUT2D eigenvalue weighted by molar-refractivity contribution is -0.384. The standard InChI is InChI=1S/C17H17N3O3/c1-3-13-4-6-14(7-5-13)12(2)18-19-17(21)15-8-10-16(11-9-15)20(22)23/h4-11H,3H2,1-2H3,(H,19,21)/b18-12+. The van der Waals surface area contributed by atoms with Crippen LogP contribution in [0, 0.1) is 10.1 Å². The van der Waals surface area contributed by atoms with E-state index in [9.17, 15) is 14.9 Å². The minimum atomic E-state index is -0.510. The number of hydrazone groups is 1. The van der Waals surface area contributed by atoms with Gasteiger partial charge in [-0.1, -0.05) is 31.2 Å². The van der Waals surface area contributed by atoms with Crippen LogP contribution < -0.4 is 5.43 Å². The summed E-state index contributed by atoms with van der Waals surface area (Å²) in [5.74, 6) is -0.413. The number of carbonyl (C=O) groups is 1. The molecule has 0 radical (unpaired) electrons. The van der Waals surface area contributed by atoms with Crippen LogP contribution in [0.3, 0.4) is 0 Å². The van der Waals surface area contributed by atoms with Crippen LogP contribution in [0.25, 0.3) is 0 Å². The van der Waals surface area contributed by atoms with E-state index in [2.05, 4.69) is 17.5 Å². The lowest BCUT2D eigenvalue weighted by Crippen LogP contribution is -2.19. The number of hydrogen-bond donors (Lipinski definition) is 1. The highest BCUT2D eigenvalue weighted by Gasteiger charge is 2.09. The third kappa shape index (κ3) is 4.23. The summed E-state index contributed by atoms with van der Waals surface area (Å²) in [5.41, 5.74) is 5.55.